The minimum atomic E-state index is -1.33. The van der Waals surface area contributed by atoms with Crippen molar-refractivity contribution < 1.29 is 14.2 Å². The van der Waals surface area contributed by atoms with Gasteiger partial charge in [0.2, 0.25) is 16.8 Å². The molecule has 2 atom stereocenters. The Morgan fingerprint density at radius 3 is 0.974 bits per heavy atom. The summed E-state index contributed by atoms with van der Waals surface area (Å²) in [6.45, 7) is 0. The maximum atomic E-state index is 6.12. The summed E-state index contributed by atoms with van der Waals surface area (Å²) < 4.78 is 18.1. The average Bonchev–Trinajstić information content (AvgIpc) is 3.02. The first-order chi connectivity index (χ1) is 19.1. The highest BCUT2D eigenvalue weighted by atomic mass is 16.5. The van der Waals surface area contributed by atoms with Gasteiger partial charge in [-0.05, 0) is 35.5 Å². The summed E-state index contributed by atoms with van der Waals surface area (Å²) in [4.78, 5) is 0. The van der Waals surface area contributed by atoms with E-state index in [1.54, 1.807) is 21.3 Å². The fourth-order valence-corrected chi connectivity index (χ4v) is 4.11. The highest BCUT2D eigenvalue weighted by Gasteiger charge is 2.34. The van der Waals surface area contributed by atoms with Crippen LogP contribution in [-0.2, 0) is 31.0 Å². The van der Waals surface area contributed by atoms with Gasteiger partial charge >= 0.3 is 0 Å². The highest BCUT2D eigenvalue weighted by Crippen LogP contribution is 2.30. The van der Waals surface area contributed by atoms with E-state index in [4.69, 9.17) is 14.2 Å². The Bertz CT molecular complexity index is 1490. The first-order valence-electron chi connectivity index (χ1n) is 12.5. The Labute approximate surface area is 231 Å². The topological polar surface area (TPSA) is 27.7 Å². The molecule has 0 aliphatic heterocycles. The van der Waals surface area contributed by atoms with E-state index in [0.717, 1.165) is 16.7 Å². The fraction of sp³-hybridized carbons (Fsp3) is 0.222. The molecule has 0 saturated heterocycles. The van der Waals surface area contributed by atoms with Crippen LogP contribution in [0.4, 0.5) is 0 Å². The van der Waals surface area contributed by atoms with E-state index in [1.165, 1.54) is 0 Å². The second kappa shape index (κ2) is 12.7. The Morgan fingerprint density at radius 2 is 0.692 bits per heavy atom. The molecule has 0 heterocycles. The molecule has 0 spiro atoms. The van der Waals surface area contributed by atoms with Gasteiger partial charge in [-0.2, -0.15) is 0 Å². The summed E-state index contributed by atoms with van der Waals surface area (Å²) in [6.07, 6.45) is 0.694. The Hall–Kier alpha value is -4.66. The van der Waals surface area contributed by atoms with Crippen LogP contribution in [0.5, 0.6) is 0 Å². The van der Waals surface area contributed by atoms with Gasteiger partial charge in [0.1, 0.15) is 0 Å². The standard InChI is InChI=1S/C36H28O3/c1-37-34(31-19-11-8-12-20-31)25-17-6-4-5-7-18-26-35(38-2,32-21-13-9-14-22-32)28-30-36(39-3,29-27-34)33-23-15-10-16-24-33/h8-16,19-24H,6-7H2,1-3H3. The molecule has 0 bridgehead atoms. The van der Waals surface area contributed by atoms with E-state index in [-0.39, 0.29) is 0 Å². The Balaban J connectivity index is 2.04. The average molecular weight is 509 g/mol. The van der Waals surface area contributed by atoms with Crippen molar-refractivity contribution in [2.45, 2.75) is 29.6 Å². The van der Waals surface area contributed by atoms with Crippen molar-refractivity contribution in [3.63, 3.8) is 0 Å². The molecule has 3 aromatic carbocycles. The number of rotatable bonds is 6. The van der Waals surface area contributed by atoms with Gasteiger partial charge in [-0.3, -0.25) is 0 Å². The lowest BCUT2D eigenvalue weighted by atomic mass is 9.88. The second-order valence-corrected chi connectivity index (χ2v) is 8.56. The molecule has 3 nitrogen and oxygen atoms in total. The van der Waals surface area contributed by atoms with Gasteiger partial charge in [0.05, 0.1) is 12.8 Å². The maximum absolute atomic E-state index is 6.12. The predicted molar refractivity (Wildman–Crippen MR) is 154 cm³/mol. The molecule has 3 heteroatoms. The molecule has 0 amide bonds. The molecule has 0 radical (unpaired) electrons. The van der Waals surface area contributed by atoms with Crippen LogP contribution in [0.25, 0.3) is 0 Å². The van der Waals surface area contributed by atoms with E-state index >= 15 is 0 Å². The number of benzene rings is 3. The first kappa shape index (κ1) is 27.4. The number of methoxy groups -OCH3 is 3. The van der Waals surface area contributed by atoms with Crippen LogP contribution in [-0.4, -0.2) is 21.3 Å². The van der Waals surface area contributed by atoms with Crippen LogP contribution in [0.3, 0.4) is 0 Å². The third kappa shape index (κ3) is 6.09. The third-order valence-corrected chi connectivity index (χ3v) is 6.30. The van der Waals surface area contributed by atoms with Crippen molar-refractivity contribution in [1.29, 1.82) is 0 Å². The summed E-state index contributed by atoms with van der Waals surface area (Å²) in [6, 6.07) is 29.0. The molecular weight excluding hydrogens is 480 g/mol. The predicted octanol–water partition coefficient (Wildman–Crippen LogP) is 5.42. The van der Waals surface area contributed by atoms with Gasteiger partial charge in [0, 0.05) is 38.0 Å². The Kier molecular flexibility index (Phi) is 8.94. The molecule has 0 N–H and O–H groups in total. The zero-order valence-corrected chi connectivity index (χ0v) is 22.3. The number of hydrogen-bond acceptors (Lipinski definition) is 3. The van der Waals surface area contributed by atoms with E-state index in [0.29, 0.717) is 12.8 Å². The lowest BCUT2D eigenvalue weighted by Crippen LogP contribution is -2.31. The van der Waals surface area contributed by atoms with Crippen LogP contribution in [0, 0.1) is 59.2 Å². The smallest absolute Gasteiger partial charge is 0.216 e. The number of ether oxygens (including phenoxy) is 3. The molecule has 0 fully saturated rings. The van der Waals surface area contributed by atoms with Crippen LogP contribution in [0.1, 0.15) is 29.5 Å². The third-order valence-electron chi connectivity index (χ3n) is 6.30. The molecule has 1 aliphatic rings. The zero-order valence-electron chi connectivity index (χ0n) is 22.3. The monoisotopic (exact) mass is 508 g/mol. The van der Waals surface area contributed by atoms with Crippen molar-refractivity contribution >= 4 is 0 Å². The van der Waals surface area contributed by atoms with Crippen molar-refractivity contribution in [2.75, 3.05) is 21.3 Å². The normalized spacial score (nSPS) is 23.7. The van der Waals surface area contributed by atoms with Gasteiger partial charge in [-0.15, -0.1) is 0 Å². The summed E-state index contributed by atoms with van der Waals surface area (Å²) >= 11 is 0. The molecule has 0 saturated carbocycles. The van der Waals surface area contributed by atoms with Crippen LogP contribution >= 0.6 is 0 Å². The van der Waals surface area contributed by atoms with Crippen molar-refractivity contribution in [2.24, 2.45) is 0 Å². The largest absolute Gasteiger partial charge is 0.351 e. The summed E-state index contributed by atoms with van der Waals surface area (Å²) in [5.74, 6) is 32.1. The SMILES string of the molecule is COC1(c2ccccc2)C#CCC#CCC#CC(OC)(c2ccccc2)C#CC(OC)(c2ccccc2)C#C1. The van der Waals surface area contributed by atoms with E-state index in [1.807, 2.05) is 91.0 Å². The quantitative estimate of drug-likeness (QED) is 0.416. The van der Waals surface area contributed by atoms with Gasteiger partial charge in [-0.25, -0.2) is 0 Å². The second-order valence-electron chi connectivity index (χ2n) is 8.56. The lowest BCUT2D eigenvalue weighted by molar-refractivity contribution is 0.0761. The number of hydrogen-bond donors (Lipinski definition) is 0. The summed E-state index contributed by atoms with van der Waals surface area (Å²) in [7, 11) is 4.78. The van der Waals surface area contributed by atoms with E-state index in [2.05, 4.69) is 59.2 Å². The molecule has 190 valence electrons. The van der Waals surface area contributed by atoms with Crippen LogP contribution in [0.15, 0.2) is 91.0 Å². The van der Waals surface area contributed by atoms with Crippen molar-refractivity contribution in [3.05, 3.63) is 108 Å². The molecule has 39 heavy (non-hydrogen) atoms. The molecule has 2 unspecified atom stereocenters. The molecule has 4 rings (SSSR count). The summed E-state index contributed by atoms with van der Waals surface area (Å²) in [5, 5.41) is 0. The first-order valence-corrected chi connectivity index (χ1v) is 12.5. The fourth-order valence-electron chi connectivity index (χ4n) is 4.11. The van der Waals surface area contributed by atoms with Crippen molar-refractivity contribution in [1.82, 2.24) is 0 Å². The van der Waals surface area contributed by atoms with Crippen LogP contribution in [0.2, 0.25) is 0 Å². The maximum Gasteiger partial charge on any atom is 0.216 e. The molecular formula is C36H28O3. The minimum absolute atomic E-state index is 0.347. The lowest BCUT2D eigenvalue weighted by Gasteiger charge is -2.26. The minimum Gasteiger partial charge on any atom is -0.351 e. The van der Waals surface area contributed by atoms with Gasteiger partial charge in [-0.1, -0.05) is 115 Å². The Morgan fingerprint density at radius 1 is 0.410 bits per heavy atom. The van der Waals surface area contributed by atoms with Gasteiger partial charge in [0.25, 0.3) is 0 Å². The zero-order chi connectivity index (χ0) is 27.4. The molecule has 0 aromatic heterocycles. The summed E-state index contributed by atoms with van der Waals surface area (Å²) in [5.41, 5.74) is -1.42. The van der Waals surface area contributed by atoms with E-state index in [9.17, 15) is 0 Å². The van der Waals surface area contributed by atoms with E-state index < -0.39 is 16.8 Å². The van der Waals surface area contributed by atoms with Gasteiger partial charge in [0.15, 0.2) is 0 Å². The highest BCUT2D eigenvalue weighted by molar-refractivity contribution is 5.51. The van der Waals surface area contributed by atoms with Gasteiger partial charge < -0.3 is 14.2 Å². The molecule has 1 aliphatic carbocycles. The molecule has 3 aromatic rings. The van der Waals surface area contributed by atoms with Crippen molar-refractivity contribution in [3.8, 4) is 59.2 Å². The van der Waals surface area contributed by atoms with Crippen LogP contribution < -0.4 is 0 Å².